The van der Waals surface area contributed by atoms with E-state index in [1.165, 1.54) is 25.7 Å². The summed E-state index contributed by atoms with van der Waals surface area (Å²) in [6.07, 6.45) is 5.33. The largest absolute Gasteiger partial charge is 0.294 e. The maximum atomic E-state index is 5.96. The van der Waals surface area contributed by atoms with Gasteiger partial charge in [0.1, 0.15) is 10.3 Å². The molecule has 1 saturated carbocycles. The molecule has 0 unspecified atom stereocenters. The lowest BCUT2D eigenvalue weighted by molar-refractivity contribution is 0.146. The smallest absolute Gasteiger partial charge is 0.131 e. The summed E-state index contributed by atoms with van der Waals surface area (Å²) < 4.78 is 0. The third-order valence-corrected chi connectivity index (χ3v) is 4.03. The van der Waals surface area contributed by atoms with Crippen LogP contribution in [-0.2, 0) is 6.54 Å². The van der Waals surface area contributed by atoms with Crippen molar-refractivity contribution in [1.29, 1.82) is 0 Å². The Labute approximate surface area is 119 Å². The van der Waals surface area contributed by atoms with Crippen molar-refractivity contribution in [2.24, 2.45) is 0 Å². The summed E-state index contributed by atoms with van der Waals surface area (Å²) in [6.45, 7) is 5.41. The summed E-state index contributed by atoms with van der Waals surface area (Å²) in [5.41, 5.74) is 1.15. The van der Waals surface area contributed by atoms with E-state index in [0.29, 0.717) is 22.4 Å². The second kappa shape index (κ2) is 6.23. The van der Waals surface area contributed by atoms with Gasteiger partial charge in [0, 0.05) is 18.6 Å². The molecule has 0 spiro atoms. The van der Waals surface area contributed by atoms with Crippen LogP contribution in [0.5, 0.6) is 0 Å². The van der Waals surface area contributed by atoms with Gasteiger partial charge in [-0.3, -0.25) is 4.90 Å². The highest BCUT2D eigenvalue weighted by atomic mass is 35.5. The van der Waals surface area contributed by atoms with Crippen molar-refractivity contribution >= 4 is 23.2 Å². The highest BCUT2D eigenvalue weighted by molar-refractivity contribution is 6.32. The van der Waals surface area contributed by atoms with E-state index >= 15 is 0 Å². The zero-order valence-electron chi connectivity index (χ0n) is 11.0. The summed E-state index contributed by atoms with van der Waals surface area (Å²) in [6, 6.07) is 5.07. The minimum Gasteiger partial charge on any atom is -0.294 e. The van der Waals surface area contributed by atoms with Crippen LogP contribution in [0.4, 0.5) is 0 Å². The van der Waals surface area contributed by atoms with Gasteiger partial charge < -0.3 is 0 Å². The Kier molecular flexibility index (Phi) is 4.88. The maximum Gasteiger partial charge on any atom is 0.131 e. The molecule has 0 amide bonds. The standard InChI is InChI=1S/C14H20Cl2N2/c1-10(2)18(12-5-3-4-6-12)9-11-7-13(15)17-14(16)8-11/h7-8,10,12H,3-6,9H2,1-2H3. The molecular formula is C14H20Cl2N2. The van der Waals surface area contributed by atoms with Crippen LogP contribution in [0.1, 0.15) is 45.1 Å². The molecule has 0 aliphatic heterocycles. The molecule has 1 aromatic heterocycles. The number of aromatic nitrogens is 1. The Balaban J connectivity index is 2.12. The van der Waals surface area contributed by atoms with Crippen molar-refractivity contribution in [3.63, 3.8) is 0 Å². The number of nitrogens with zero attached hydrogens (tertiary/aromatic N) is 2. The molecule has 0 saturated heterocycles. The van der Waals surface area contributed by atoms with Crippen molar-refractivity contribution in [1.82, 2.24) is 9.88 Å². The van der Waals surface area contributed by atoms with Crippen LogP contribution in [0.25, 0.3) is 0 Å². The highest BCUT2D eigenvalue weighted by Crippen LogP contribution is 2.27. The maximum absolute atomic E-state index is 5.96. The molecule has 0 bridgehead atoms. The summed E-state index contributed by atoms with van der Waals surface area (Å²) in [7, 11) is 0. The van der Waals surface area contributed by atoms with Crippen LogP contribution >= 0.6 is 23.2 Å². The van der Waals surface area contributed by atoms with Gasteiger partial charge in [-0.15, -0.1) is 0 Å². The van der Waals surface area contributed by atoms with Crippen LogP contribution in [0.15, 0.2) is 12.1 Å². The summed E-state index contributed by atoms with van der Waals surface area (Å²) in [4.78, 5) is 6.55. The molecule has 100 valence electrons. The average molecular weight is 287 g/mol. The lowest BCUT2D eigenvalue weighted by Crippen LogP contribution is -2.38. The van der Waals surface area contributed by atoms with Crippen molar-refractivity contribution in [2.75, 3.05) is 0 Å². The molecule has 2 nitrogen and oxygen atoms in total. The van der Waals surface area contributed by atoms with Gasteiger partial charge in [0.15, 0.2) is 0 Å². The van der Waals surface area contributed by atoms with Crippen molar-refractivity contribution in [3.05, 3.63) is 28.0 Å². The summed E-state index contributed by atoms with van der Waals surface area (Å²) in [5, 5.41) is 0.959. The number of hydrogen-bond acceptors (Lipinski definition) is 2. The fourth-order valence-electron chi connectivity index (χ4n) is 2.79. The van der Waals surface area contributed by atoms with Gasteiger partial charge in [0.05, 0.1) is 0 Å². The Morgan fingerprint density at radius 1 is 1.22 bits per heavy atom. The van der Waals surface area contributed by atoms with Gasteiger partial charge in [-0.05, 0) is 44.4 Å². The second-order valence-electron chi connectivity index (χ2n) is 5.33. The monoisotopic (exact) mass is 286 g/mol. The van der Waals surface area contributed by atoms with Crippen molar-refractivity contribution in [2.45, 2.75) is 58.2 Å². The first kappa shape index (κ1) is 14.1. The van der Waals surface area contributed by atoms with E-state index in [-0.39, 0.29) is 0 Å². The van der Waals surface area contributed by atoms with E-state index in [9.17, 15) is 0 Å². The van der Waals surface area contributed by atoms with Crippen molar-refractivity contribution < 1.29 is 0 Å². The van der Waals surface area contributed by atoms with E-state index in [1.54, 1.807) is 0 Å². The van der Waals surface area contributed by atoms with E-state index in [2.05, 4.69) is 23.7 Å². The molecule has 1 fully saturated rings. The predicted molar refractivity (Wildman–Crippen MR) is 77.2 cm³/mol. The second-order valence-corrected chi connectivity index (χ2v) is 6.10. The molecule has 1 aromatic rings. The quantitative estimate of drug-likeness (QED) is 0.756. The molecule has 0 atom stereocenters. The van der Waals surface area contributed by atoms with Gasteiger partial charge in [0.2, 0.25) is 0 Å². The first-order chi connectivity index (χ1) is 8.56. The molecule has 2 rings (SSSR count). The molecule has 4 heteroatoms. The molecule has 0 radical (unpaired) electrons. The minimum atomic E-state index is 0.479. The van der Waals surface area contributed by atoms with E-state index < -0.39 is 0 Å². The molecular weight excluding hydrogens is 267 g/mol. The van der Waals surface area contributed by atoms with Crippen LogP contribution < -0.4 is 0 Å². The third-order valence-electron chi connectivity index (χ3n) is 3.64. The van der Waals surface area contributed by atoms with Crippen LogP contribution in [-0.4, -0.2) is 22.0 Å². The van der Waals surface area contributed by atoms with Crippen LogP contribution in [0.3, 0.4) is 0 Å². The average Bonchev–Trinajstić information content (AvgIpc) is 2.77. The minimum absolute atomic E-state index is 0.479. The van der Waals surface area contributed by atoms with Gasteiger partial charge in [-0.1, -0.05) is 36.0 Å². The van der Waals surface area contributed by atoms with Gasteiger partial charge in [-0.2, -0.15) is 0 Å². The highest BCUT2D eigenvalue weighted by Gasteiger charge is 2.24. The summed E-state index contributed by atoms with van der Waals surface area (Å²) >= 11 is 11.9. The molecule has 0 N–H and O–H groups in total. The molecule has 1 heterocycles. The fraction of sp³-hybridized carbons (Fsp3) is 0.643. The SMILES string of the molecule is CC(C)N(Cc1cc(Cl)nc(Cl)c1)C1CCCC1. The molecule has 18 heavy (non-hydrogen) atoms. The fourth-order valence-corrected chi connectivity index (χ4v) is 3.29. The predicted octanol–water partition coefficient (Wildman–Crippen LogP) is 4.54. The Morgan fingerprint density at radius 2 is 1.78 bits per heavy atom. The van der Waals surface area contributed by atoms with Gasteiger partial charge in [-0.25, -0.2) is 4.98 Å². The van der Waals surface area contributed by atoms with Crippen molar-refractivity contribution in [3.8, 4) is 0 Å². The lowest BCUT2D eigenvalue weighted by Gasteiger charge is -2.32. The third kappa shape index (κ3) is 3.59. The van der Waals surface area contributed by atoms with Crippen LogP contribution in [0.2, 0.25) is 10.3 Å². The lowest BCUT2D eigenvalue weighted by atomic mass is 10.1. The summed E-state index contributed by atoms with van der Waals surface area (Å²) in [5.74, 6) is 0. The number of pyridine rings is 1. The zero-order chi connectivity index (χ0) is 13.1. The topological polar surface area (TPSA) is 16.1 Å². The van der Waals surface area contributed by atoms with Gasteiger partial charge in [0.25, 0.3) is 0 Å². The Hall–Kier alpha value is -0.310. The molecule has 1 aliphatic rings. The Bertz CT molecular complexity index is 381. The Morgan fingerprint density at radius 3 is 2.28 bits per heavy atom. The zero-order valence-corrected chi connectivity index (χ0v) is 12.5. The van der Waals surface area contributed by atoms with E-state index in [4.69, 9.17) is 23.2 Å². The number of halogens is 2. The van der Waals surface area contributed by atoms with Crippen LogP contribution in [0, 0.1) is 0 Å². The normalized spacial score (nSPS) is 17.0. The number of rotatable bonds is 4. The molecule has 0 aromatic carbocycles. The van der Waals surface area contributed by atoms with Gasteiger partial charge >= 0.3 is 0 Å². The van der Waals surface area contributed by atoms with E-state index in [0.717, 1.165) is 12.1 Å². The number of hydrogen-bond donors (Lipinski definition) is 0. The van der Waals surface area contributed by atoms with E-state index in [1.807, 2.05) is 12.1 Å². The first-order valence-corrected chi connectivity index (χ1v) is 7.39. The molecule has 1 aliphatic carbocycles. The first-order valence-electron chi connectivity index (χ1n) is 6.64.